The van der Waals surface area contributed by atoms with Crippen molar-refractivity contribution in [1.29, 1.82) is 0 Å². The number of benzene rings is 1. The average molecular weight is 302 g/mol. The third-order valence-corrected chi connectivity index (χ3v) is 4.94. The van der Waals surface area contributed by atoms with Crippen molar-refractivity contribution in [3.05, 3.63) is 35.4 Å². The maximum absolute atomic E-state index is 12.9. The summed E-state index contributed by atoms with van der Waals surface area (Å²) in [5.74, 6) is 0.496. The largest absolute Gasteiger partial charge is 0.370 e. The van der Waals surface area contributed by atoms with Crippen LogP contribution in [-0.4, -0.2) is 43.1 Å². The molecule has 1 aromatic rings. The number of hydrogen-bond donors (Lipinski definition) is 1. The lowest BCUT2D eigenvalue weighted by molar-refractivity contribution is -0.149. The van der Waals surface area contributed by atoms with Crippen LogP contribution in [0.5, 0.6) is 0 Å². The van der Waals surface area contributed by atoms with Crippen LogP contribution in [0.2, 0.25) is 0 Å². The third kappa shape index (κ3) is 3.18. The molecule has 0 saturated carbocycles. The van der Waals surface area contributed by atoms with E-state index in [-0.39, 0.29) is 18.1 Å². The van der Waals surface area contributed by atoms with E-state index in [1.807, 2.05) is 12.1 Å². The molecule has 0 radical (unpaired) electrons. The molecule has 4 nitrogen and oxygen atoms in total. The second-order valence-corrected chi connectivity index (χ2v) is 6.54. The van der Waals surface area contributed by atoms with E-state index in [1.165, 1.54) is 11.1 Å². The fourth-order valence-electron chi connectivity index (χ4n) is 3.50. The molecule has 0 unspecified atom stereocenters. The van der Waals surface area contributed by atoms with Crippen LogP contribution in [0, 0.1) is 12.8 Å². The first-order chi connectivity index (χ1) is 10.7. The van der Waals surface area contributed by atoms with Crippen LogP contribution in [0.25, 0.3) is 0 Å². The number of piperidine rings is 1. The number of hydrogen-bond acceptors (Lipinski definition) is 3. The lowest BCUT2D eigenvalue weighted by atomic mass is 9.94. The van der Waals surface area contributed by atoms with Crippen LogP contribution in [0.15, 0.2) is 24.3 Å². The molecule has 2 atom stereocenters. The molecule has 0 aliphatic carbocycles. The van der Waals surface area contributed by atoms with Gasteiger partial charge in [0.1, 0.15) is 6.10 Å². The number of amides is 1. The van der Waals surface area contributed by atoms with E-state index in [2.05, 4.69) is 36.2 Å². The quantitative estimate of drug-likeness (QED) is 0.911. The predicted octanol–water partition coefficient (Wildman–Crippen LogP) is 2.28. The van der Waals surface area contributed by atoms with Crippen molar-refractivity contribution in [3.63, 3.8) is 0 Å². The molecule has 2 saturated heterocycles. The first kappa shape index (κ1) is 15.5. The highest BCUT2D eigenvalue weighted by atomic mass is 16.5. The molecule has 1 aromatic carbocycles. The van der Waals surface area contributed by atoms with Crippen LogP contribution in [0.1, 0.15) is 37.0 Å². The molecule has 2 fully saturated rings. The van der Waals surface area contributed by atoms with Crippen LogP contribution in [0.3, 0.4) is 0 Å². The first-order valence-corrected chi connectivity index (χ1v) is 8.35. The zero-order valence-corrected chi connectivity index (χ0v) is 13.5. The lowest BCUT2D eigenvalue weighted by Crippen LogP contribution is -2.51. The maximum atomic E-state index is 12.9. The van der Waals surface area contributed by atoms with E-state index < -0.39 is 0 Å². The molecule has 4 heteroatoms. The molecule has 0 bridgehead atoms. The predicted molar refractivity (Wildman–Crippen MR) is 86.6 cm³/mol. The van der Waals surface area contributed by atoms with E-state index in [1.54, 1.807) is 0 Å². The second kappa shape index (κ2) is 6.80. The van der Waals surface area contributed by atoms with Gasteiger partial charge in [-0.3, -0.25) is 4.79 Å². The Labute approximate surface area is 132 Å². The van der Waals surface area contributed by atoms with Crippen molar-refractivity contribution in [2.45, 2.75) is 38.8 Å². The molecule has 1 N–H and O–H groups in total. The molecule has 2 aliphatic rings. The minimum Gasteiger partial charge on any atom is -0.370 e. The summed E-state index contributed by atoms with van der Waals surface area (Å²) in [6, 6.07) is 8.48. The van der Waals surface area contributed by atoms with Crippen molar-refractivity contribution < 1.29 is 9.53 Å². The molecular formula is C18H26N2O2. The summed E-state index contributed by atoms with van der Waals surface area (Å²) in [5, 5.41) is 3.33. The van der Waals surface area contributed by atoms with Gasteiger partial charge in [0.2, 0.25) is 5.91 Å². The minimum absolute atomic E-state index is 0.00284. The second-order valence-electron chi connectivity index (χ2n) is 6.54. The fourth-order valence-corrected chi connectivity index (χ4v) is 3.50. The van der Waals surface area contributed by atoms with Crippen molar-refractivity contribution in [2.24, 2.45) is 5.92 Å². The summed E-state index contributed by atoms with van der Waals surface area (Å²) in [7, 11) is 0. The highest BCUT2D eigenvalue weighted by Crippen LogP contribution is 2.29. The van der Waals surface area contributed by atoms with Crippen LogP contribution < -0.4 is 5.32 Å². The molecule has 2 aliphatic heterocycles. The van der Waals surface area contributed by atoms with E-state index in [4.69, 9.17) is 4.74 Å². The summed E-state index contributed by atoms with van der Waals surface area (Å²) in [4.78, 5) is 14.9. The fraction of sp³-hybridized carbons (Fsp3) is 0.611. The molecule has 120 valence electrons. The topological polar surface area (TPSA) is 41.6 Å². The van der Waals surface area contributed by atoms with Gasteiger partial charge in [-0.05, 0) is 50.9 Å². The third-order valence-electron chi connectivity index (χ3n) is 4.94. The van der Waals surface area contributed by atoms with Gasteiger partial charge in [0.25, 0.3) is 0 Å². The minimum atomic E-state index is 0.00284. The average Bonchev–Trinajstić information content (AvgIpc) is 2.56. The van der Waals surface area contributed by atoms with Gasteiger partial charge in [-0.1, -0.05) is 24.3 Å². The zero-order chi connectivity index (χ0) is 15.5. The van der Waals surface area contributed by atoms with Crippen molar-refractivity contribution in [3.8, 4) is 0 Å². The van der Waals surface area contributed by atoms with Gasteiger partial charge in [-0.25, -0.2) is 0 Å². The van der Waals surface area contributed by atoms with E-state index in [0.717, 1.165) is 25.9 Å². The Kier molecular flexibility index (Phi) is 4.79. The summed E-state index contributed by atoms with van der Waals surface area (Å²) in [6.07, 6.45) is 1.92. The van der Waals surface area contributed by atoms with Gasteiger partial charge in [0.05, 0.1) is 19.2 Å². The van der Waals surface area contributed by atoms with Crippen molar-refractivity contribution in [2.75, 3.05) is 26.2 Å². The Morgan fingerprint density at radius 2 is 2.00 bits per heavy atom. The van der Waals surface area contributed by atoms with Gasteiger partial charge in [0, 0.05) is 5.92 Å². The van der Waals surface area contributed by atoms with E-state index in [0.29, 0.717) is 19.1 Å². The monoisotopic (exact) mass is 302 g/mol. The van der Waals surface area contributed by atoms with Crippen LogP contribution >= 0.6 is 0 Å². The maximum Gasteiger partial charge on any atom is 0.226 e. The Balaban J connectivity index is 1.73. The number of carbonyl (C=O) groups is 1. The number of aryl methyl sites for hydroxylation is 1. The number of nitrogens with zero attached hydrogens (tertiary/aromatic N) is 1. The summed E-state index contributed by atoms with van der Waals surface area (Å²) in [6.45, 7) is 7.40. The lowest BCUT2D eigenvalue weighted by Gasteiger charge is -2.40. The van der Waals surface area contributed by atoms with Crippen LogP contribution in [0.4, 0.5) is 0 Å². The van der Waals surface area contributed by atoms with E-state index in [9.17, 15) is 4.79 Å². The zero-order valence-electron chi connectivity index (χ0n) is 13.5. The summed E-state index contributed by atoms with van der Waals surface area (Å²) >= 11 is 0. The number of nitrogens with one attached hydrogen (secondary N) is 1. The van der Waals surface area contributed by atoms with Gasteiger partial charge in [0.15, 0.2) is 0 Å². The molecule has 0 spiro atoms. The highest BCUT2D eigenvalue weighted by Gasteiger charge is 2.34. The molecule has 1 amide bonds. The Morgan fingerprint density at radius 3 is 2.73 bits per heavy atom. The number of ether oxygens (including phenoxy) is 1. The van der Waals surface area contributed by atoms with Crippen molar-refractivity contribution in [1.82, 2.24) is 10.2 Å². The highest BCUT2D eigenvalue weighted by molar-refractivity contribution is 5.79. The molecule has 0 aromatic heterocycles. The normalized spacial score (nSPS) is 26.9. The number of morpholine rings is 1. The number of carbonyl (C=O) groups excluding carboxylic acids is 1. The Hall–Kier alpha value is -1.39. The molecule has 2 heterocycles. The Morgan fingerprint density at radius 1 is 1.27 bits per heavy atom. The number of rotatable bonds is 2. The van der Waals surface area contributed by atoms with E-state index >= 15 is 0 Å². The van der Waals surface area contributed by atoms with Gasteiger partial charge in [-0.15, -0.1) is 0 Å². The molecular weight excluding hydrogens is 276 g/mol. The van der Waals surface area contributed by atoms with Gasteiger partial charge in [-0.2, -0.15) is 0 Å². The molecule has 3 rings (SSSR count). The Bertz CT molecular complexity index is 526. The van der Waals surface area contributed by atoms with Crippen LogP contribution in [-0.2, 0) is 9.53 Å². The smallest absolute Gasteiger partial charge is 0.226 e. The standard InChI is InChI=1S/C18H26N2O2/c1-13-5-3-4-6-16(13)17-11-20(14(2)12-22-17)18(21)15-7-9-19-10-8-15/h3-6,14-15,17,19H,7-12H2,1-2H3/t14-,17-/m1/s1. The summed E-state index contributed by atoms with van der Waals surface area (Å²) in [5.41, 5.74) is 2.44. The summed E-state index contributed by atoms with van der Waals surface area (Å²) < 4.78 is 6.02. The molecule has 22 heavy (non-hydrogen) atoms. The van der Waals surface area contributed by atoms with Gasteiger partial charge < -0.3 is 15.0 Å². The van der Waals surface area contributed by atoms with Gasteiger partial charge >= 0.3 is 0 Å². The SMILES string of the molecule is Cc1ccccc1[C@H]1CN(C(=O)C2CCNCC2)[C@H](C)CO1. The van der Waals surface area contributed by atoms with Crippen molar-refractivity contribution >= 4 is 5.91 Å². The first-order valence-electron chi connectivity index (χ1n) is 8.35.